The van der Waals surface area contributed by atoms with Gasteiger partial charge in [0.25, 0.3) is 5.91 Å². The number of carbonyl (C=O) groups excluding carboxylic acids is 1. The van der Waals surface area contributed by atoms with Crippen molar-refractivity contribution in [2.45, 2.75) is 32.3 Å². The number of carbonyl (C=O) groups is 1. The van der Waals surface area contributed by atoms with E-state index in [4.69, 9.17) is 4.74 Å². The van der Waals surface area contributed by atoms with Gasteiger partial charge in [0.05, 0.1) is 0 Å². The lowest BCUT2D eigenvalue weighted by molar-refractivity contribution is -0.127. The molecule has 0 spiro atoms. The van der Waals surface area contributed by atoms with E-state index in [0.29, 0.717) is 18.2 Å². The van der Waals surface area contributed by atoms with Crippen LogP contribution in [0.2, 0.25) is 0 Å². The van der Waals surface area contributed by atoms with Crippen molar-refractivity contribution in [3.8, 4) is 5.75 Å². The standard InChI is InChI=1S/C17H25FN2O2/c1-13(22-16-5-3-15(18)4-6-16)17(21)19-10-7-14-8-11-20(2)12-9-14/h3-6,13-14H,7-12H2,1-2H3,(H,19,21). The molecule has 2 rings (SSSR count). The van der Waals surface area contributed by atoms with Crippen molar-refractivity contribution in [1.82, 2.24) is 10.2 Å². The molecule has 1 aliphatic rings. The molecule has 0 saturated carbocycles. The van der Waals surface area contributed by atoms with Gasteiger partial charge < -0.3 is 15.0 Å². The van der Waals surface area contributed by atoms with Crippen molar-refractivity contribution < 1.29 is 13.9 Å². The molecule has 22 heavy (non-hydrogen) atoms. The fourth-order valence-corrected chi connectivity index (χ4v) is 2.66. The molecule has 1 heterocycles. The van der Waals surface area contributed by atoms with Gasteiger partial charge in [-0.15, -0.1) is 0 Å². The minimum absolute atomic E-state index is 0.128. The quantitative estimate of drug-likeness (QED) is 0.877. The van der Waals surface area contributed by atoms with Gasteiger partial charge in [-0.05, 0) is 76.5 Å². The summed E-state index contributed by atoms with van der Waals surface area (Å²) in [6, 6.07) is 5.69. The Balaban J connectivity index is 1.67. The molecule has 1 atom stereocenters. The number of nitrogens with zero attached hydrogens (tertiary/aromatic N) is 1. The van der Waals surface area contributed by atoms with Gasteiger partial charge in [0, 0.05) is 6.54 Å². The zero-order valence-electron chi connectivity index (χ0n) is 13.3. The molecule has 1 aromatic carbocycles. The first kappa shape index (κ1) is 16.7. The predicted molar refractivity (Wildman–Crippen MR) is 84.3 cm³/mol. The van der Waals surface area contributed by atoms with Gasteiger partial charge in [-0.25, -0.2) is 4.39 Å². The van der Waals surface area contributed by atoms with Crippen molar-refractivity contribution >= 4 is 5.91 Å². The molecule has 1 unspecified atom stereocenters. The van der Waals surface area contributed by atoms with Crippen LogP contribution in [0.1, 0.15) is 26.2 Å². The summed E-state index contributed by atoms with van der Waals surface area (Å²) in [4.78, 5) is 14.3. The number of ether oxygens (including phenoxy) is 1. The molecule has 1 N–H and O–H groups in total. The summed E-state index contributed by atoms with van der Waals surface area (Å²) in [6.07, 6.45) is 2.84. The average molecular weight is 308 g/mol. The SMILES string of the molecule is CC(Oc1ccc(F)cc1)C(=O)NCCC1CCN(C)CC1. The highest BCUT2D eigenvalue weighted by Gasteiger charge is 2.18. The Labute approximate surface area is 131 Å². The zero-order chi connectivity index (χ0) is 15.9. The van der Waals surface area contributed by atoms with Crippen molar-refractivity contribution in [2.75, 3.05) is 26.7 Å². The van der Waals surface area contributed by atoms with Gasteiger partial charge >= 0.3 is 0 Å². The summed E-state index contributed by atoms with van der Waals surface area (Å²) in [6.45, 7) is 4.67. The van der Waals surface area contributed by atoms with Crippen LogP contribution in [0.4, 0.5) is 4.39 Å². The van der Waals surface area contributed by atoms with Gasteiger partial charge in [0.15, 0.2) is 6.10 Å². The number of piperidine rings is 1. The molecule has 5 heteroatoms. The third-order valence-corrected chi connectivity index (χ3v) is 4.19. The van der Waals surface area contributed by atoms with E-state index >= 15 is 0 Å². The Morgan fingerprint density at radius 3 is 2.64 bits per heavy atom. The van der Waals surface area contributed by atoms with Crippen LogP contribution in [0, 0.1) is 11.7 Å². The number of likely N-dealkylation sites (tertiary alicyclic amines) is 1. The van der Waals surface area contributed by atoms with Gasteiger partial charge in [-0.1, -0.05) is 0 Å². The molecular formula is C17H25FN2O2. The fraction of sp³-hybridized carbons (Fsp3) is 0.588. The number of hydrogen-bond acceptors (Lipinski definition) is 3. The third kappa shape index (κ3) is 5.30. The fourth-order valence-electron chi connectivity index (χ4n) is 2.66. The van der Waals surface area contributed by atoms with Crippen LogP contribution in [0.15, 0.2) is 24.3 Å². The van der Waals surface area contributed by atoms with E-state index in [0.717, 1.165) is 19.5 Å². The second kappa shape index (κ2) is 8.13. The Morgan fingerprint density at radius 1 is 1.36 bits per heavy atom. The van der Waals surface area contributed by atoms with Gasteiger partial charge in [-0.3, -0.25) is 4.79 Å². The van der Waals surface area contributed by atoms with Crippen LogP contribution in [0.3, 0.4) is 0 Å². The highest BCUT2D eigenvalue weighted by Crippen LogP contribution is 2.18. The highest BCUT2D eigenvalue weighted by atomic mass is 19.1. The molecule has 0 radical (unpaired) electrons. The van der Waals surface area contributed by atoms with E-state index < -0.39 is 6.10 Å². The number of hydrogen-bond donors (Lipinski definition) is 1. The van der Waals surface area contributed by atoms with Crippen LogP contribution in [-0.4, -0.2) is 43.6 Å². The summed E-state index contributed by atoms with van der Waals surface area (Å²) < 4.78 is 18.3. The van der Waals surface area contributed by atoms with E-state index in [1.165, 1.54) is 37.1 Å². The summed E-state index contributed by atoms with van der Waals surface area (Å²) in [5.41, 5.74) is 0. The predicted octanol–water partition coefficient (Wildman–Crippen LogP) is 2.44. The van der Waals surface area contributed by atoms with Crippen LogP contribution in [-0.2, 0) is 4.79 Å². The summed E-state index contributed by atoms with van der Waals surface area (Å²) in [5.74, 6) is 0.754. The number of amides is 1. The topological polar surface area (TPSA) is 41.6 Å². The van der Waals surface area contributed by atoms with E-state index in [1.807, 2.05) is 0 Å². The maximum Gasteiger partial charge on any atom is 0.260 e. The monoisotopic (exact) mass is 308 g/mol. The zero-order valence-corrected chi connectivity index (χ0v) is 13.3. The van der Waals surface area contributed by atoms with E-state index in [9.17, 15) is 9.18 Å². The lowest BCUT2D eigenvalue weighted by Gasteiger charge is -2.29. The van der Waals surface area contributed by atoms with Gasteiger partial charge in [-0.2, -0.15) is 0 Å². The van der Waals surface area contributed by atoms with Crippen LogP contribution < -0.4 is 10.1 Å². The minimum atomic E-state index is -0.581. The molecular weight excluding hydrogens is 283 g/mol. The molecule has 0 aliphatic carbocycles. The van der Waals surface area contributed by atoms with Crippen molar-refractivity contribution in [3.05, 3.63) is 30.1 Å². The molecule has 0 aromatic heterocycles. The maximum absolute atomic E-state index is 12.8. The molecule has 1 amide bonds. The summed E-state index contributed by atoms with van der Waals surface area (Å²) in [5, 5.41) is 2.92. The first-order valence-corrected chi connectivity index (χ1v) is 7.93. The van der Waals surface area contributed by atoms with Crippen LogP contribution >= 0.6 is 0 Å². The Morgan fingerprint density at radius 2 is 2.00 bits per heavy atom. The molecule has 1 aliphatic heterocycles. The normalized spacial score (nSPS) is 18.0. The lowest BCUT2D eigenvalue weighted by Crippen LogP contribution is -2.38. The van der Waals surface area contributed by atoms with Crippen LogP contribution in [0.5, 0.6) is 5.75 Å². The van der Waals surface area contributed by atoms with Crippen molar-refractivity contribution in [2.24, 2.45) is 5.92 Å². The van der Waals surface area contributed by atoms with Gasteiger partial charge in [0.1, 0.15) is 11.6 Å². The second-order valence-corrected chi connectivity index (χ2v) is 6.04. The first-order valence-electron chi connectivity index (χ1n) is 7.93. The first-order chi connectivity index (χ1) is 10.5. The second-order valence-electron chi connectivity index (χ2n) is 6.04. The Kier molecular flexibility index (Phi) is 6.19. The maximum atomic E-state index is 12.8. The third-order valence-electron chi connectivity index (χ3n) is 4.19. The number of benzene rings is 1. The van der Waals surface area contributed by atoms with Crippen molar-refractivity contribution in [1.29, 1.82) is 0 Å². The Bertz CT molecular complexity index is 470. The highest BCUT2D eigenvalue weighted by molar-refractivity contribution is 5.80. The number of rotatable bonds is 6. The minimum Gasteiger partial charge on any atom is -0.481 e. The molecule has 4 nitrogen and oxygen atoms in total. The molecule has 1 aromatic rings. The molecule has 122 valence electrons. The average Bonchev–Trinajstić information content (AvgIpc) is 2.51. The summed E-state index contributed by atoms with van der Waals surface area (Å²) >= 11 is 0. The van der Waals surface area contributed by atoms with Crippen molar-refractivity contribution in [3.63, 3.8) is 0 Å². The molecule has 1 saturated heterocycles. The lowest BCUT2D eigenvalue weighted by atomic mass is 9.94. The summed E-state index contributed by atoms with van der Waals surface area (Å²) in [7, 11) is 2.15. The Hall–Kier alpha value is -1.62. The van der Waals surface area contributed by atoms with Gasteiger partial charge in [0.2, 0.25) is 0 Å². The van der Waals surface area contributed by atoms with E-state index in [2.05, 4.69) is 17.3 Å². The number of nitrogens with one attached hydrogen (secondary N) is 1. The largest absolute Gasteiger partial charge is 0.481 e. The smallest absolute Gasteiger partial charge is 0.260 e. The molecule has 0 bridgehead atoms. The van der Waals surface area contributed by atoms with E-state index in [-0.39, 0.29) is 11.7 Å². The van der Waals surface area contributed by atoms with Crippen LogP contribution in [0.25, 0.3) is 0 Å². The van der Waals surface area contributed by atoms with E-state index in [1.54, 1.807) is 6.92 Å². The number of halogens is 1. The molecule has 1 fully saturated rings.